The number of ether oxygens (including phenoxy) is 1. The molecule has 16 heavy (non-hydrogen) atoms. The zero-order valence-electron chi connectivity index (χ0n) is 9.14. The Morgan fingerprint density at radius 1 is 1.62 bits per heavy atom. The molecule has 0 fully saturated rings. The molecule has 4 heteroatoms. The van der Waals surface area contributed by atoms with Gasteiger partial charge in [0.05, 0.1) is 7.11 Å². The van der Waals surface area contributed by atoms with E-state index in [0.717, 1.165) is 5.56 Å². The molecule has 0 aliphatic heterocycles. The number of benzene rings is 1. The SMILES string of the molecule is C=C(C[C@H](N)C(=O)O)c1cccc(OC)c1. The second-order valence-corrected chi connectivity index (χ2v) is 3.48. The summed E-state index contributed by atoms with van der Waals surface area (Å²) in [6.45, 7) is 3.82. The minimum atomic E-state index is -1.02. The molecule has 0 aliphatic carbocycles. The van der Waals surface area contributed by atoms with Crippen molar-refractivity contribution in [3.63, 3.8) is 0 Å². The molecule has 0 unspecified atom stereocenters. The van der Waals surface area contributed by atoms with Crippen LogP contribution in [0.25, 0.3) is 5.57 Å². The van der Waals surface area contributed by atoms with Gasteiger partial charge in [-0.25, -0.2) is 0 Å². The number of methoxy groups -OCH3 is 1. The predicted octanol–water partition coefficient (Wildman–Crippen LogP) is 1.51. The third kappa shape index (κ3) is 3.10. The summed E-state index contributed by atoms with van der Waals surface area (Å²) in [7, 11) is 1.57. The highest BCUT2D eigenvalue weighted by Gasteiger charge is 2.13. The van der Waals surface area contributed by atoms with Crippen LogP contribution in [0.5, 0.6) is 5.75 Å². The molecular weight excluding hydrogens is 206 g/mol. The van der Waals surface area contributed by atoms with Gasteiger partial charge in [-0.05, 0) is 29.7 Å². The fourth-order valence-electron chi connectivity index (χ4n) is 1.31. The normalized spacial score (nSPS) is 11.9. The molecule has 0 aliphatic rings. The molecule has 0 saturated carbocycles. The van der Waals surface area contributed by atoms with E-state index >= 15 is 0 Å². The van der Waals surface area contributed by atoms with Crippen molar-refractivity contribution in [1.82, 2.24) is 0 Å². The number of aliphatic carboxylic acids is 1. The molecule has 1 rings (SSSR count). The first-order valence-electron chi connectivity index (χ1n) is 4.85. The Morgan fingerprint density at radius 3 is 2.88 bits per heavy atom. The maximum absolute atomic E-state index is 10.6. The lowest BCUT2D eigenvalue weighted by atomic mass is 10.0. The lowest BCUT2D eigenvalue weighted by molar-refractivity contribution is -0.138. The Balaban J connectivity index is 2.76. The van der Waals surface area contributed by atoms with Crippen LogP contribution in [0.3, 0.4) is 0 Å². The van der Waals surface area contributed by atoms with Gasteiger partial charge in [0.1, 0.15) is 11.8 Å². The summed E-state index contributed by atoms with van der Waals surface area (Å²) < 4.78 is 5.07. The molecule has 0 amide bonds. The van der Waals surface area contributed by atoms with Gasteiger partial charge >= 0.3 is 5.97 Å². The van der Waals surface area contributed by atoms with Crippen molar-refractivity contribution >= 4 is 11.5 Å². The molecule has 0 spiro atoms. The van der Waals surface area contributed by atoms with Crippen molar-refractivity contribution in [1.29, 1.82) is 0 Å². The van der Waals surface area contributed by atoms with E-state index in [0.29, 0.717) is 11.3 Å². The molecule has 1 atom stereocenters. The maximum atomic E-state index is 10.6. The smallest absolute Gasteiger partial charge is 0.320 e. The van der Waals surface area contributed by atoms with Crippen LogP contribution in [0.4, 0.5) is 0 Å². The molecule has 1 aromatic carbocycles. The number of carboxylic acid groups (broad SMARTS) is 1. The minimum Gasteiger partial charge on any atom is -0.497 e. The van der Waals surface area contributed by atoms with Crippen molar-refractivity contribution in [3.05, 3.63) is 36.4 Å². The van der Waals surface area contributed by atoms with Gasteiger partial charge in [-0.2, -0.15) is 0 Å². The maximum Gasteiger partial charge on any atom is 0.320 e. The summed E-state index contributed by atoms with van der Waals surface area (Å²) in [6.07, 6.45) is 0.225. The fourth-order valence-corrected chi connectivity index (χ4v) is 1.31. The zero-order valence-corrected chi connectivity index (χ0v) is 9.14. The second-order valence-electron chi connectivity index (χ2n) is 3.48. The third-order valence-corrected chi connectivity index (χ3v) is 2.26. The predicted molar refractivity (Wildman–Crippen MR) is 62.3 cm³/mol. The van der Waals surface area contributed by atoms with E-state index in [1.807, 2.05) is 18.2 Å². The Bertz CT molecular complexity index is 401. The summed E-state index contributed by atoms with van der Waals surface area (Å²) >= 11 is 0. The summed E-state index contributed by atoms with van der Waals surface area (Å²) in [6, 6.07) is 6.37. The number of carboxylic acids is 1. The molecule has 4 nitrogen and oxygen atoms in total. The van der Waals surface area contributed by atoms with Gasteiger partial charge in [-0.1, -0.05) is 18.7 Å². The topological polar surface area (TPSA) is 72.6 Å². The number of hydrogen-bond donors (Lipinski definition) is 2. The first kappa shape index (κ1) is 12.3. The highest BCUT2D eigenvalue weighted by Crippen LogP contribution is 2.21. The number of nitrogens with two attached hydrogens (primary N) is 1. The van der Waals surface area contributed by atoms with Crippen LogP contribution in [-0.4, -0.2) is 24.2 Å². The molecule has 0 aromatic heterocycles. The number of hydrogen-bond acceptors (Lipinski definition) is 3. The summed E-state index contributed by atoms with van der Waals surface area (Å²) in [5.41, 5.74) is 6.97. The van der Waals surface area contributed by atoms with E-state index in [2.05, 4.69) is 6.58 Å². The minimum absolute atomic E-state index is 0.225. The van der Waals surface area contributed by atoms with Gasteiger partial charge in [0.2, 0.25) is 0 Å². The Kier molecular flexibility index (Phi) is 4.08. The molecule has 0 bridgehead atoms. The molecular formula is C12H15NO3. The van der Waals surface area contributed by atoms with E-state index in [1.54, 1.807) is 13.2 Å². The molecule has 86 valence electrons. The molecule has 0 saturated heterocycles. The van der Waals surface area contributed by atoms with Crippen molar-refractivity contribution in [2.24, 2.45) is 5.73 Å². The lowest BCUT2D eigenvalue weighted by Crippen LogP contribution is -2.30. The molecule has 1 aromatic rings. The fraction of sp³-hybridized carbons (Fsp3) is 0.250. The van der Waals surface area contributed by atoms with Gasteiger partial charge in [-0.15, -0.1) is 0 Å². The first-order chi connectivity index (χ1) is 7.54. The van der Waals surface area contributed by atoms with Crippen LogP contribution < -0.4 is 10.5 Å². The monoisotopic (exact) mass is 221 g/mol. The highest BCUT2D eigenvalue weighted by molar-refractivity contribution is 5.77. The number of carbonyl (C=O) groups is 1. The summed E-state index contributed by atoms with van der Waals surface area (Å²) in [4.78, 5) is 10.6. The van der Waals surface area contributed by atoms with Crippen molar-refractivity contribution in [2.45, 2.75) is 12.5 Å². The average Bonchev–Trinajstić information content (AvgIpc) is 2.28. The van der Waals surface area contributed by atoms with Crippen LogP contribution in [-0.2, 0) is 4.79 Å². The average molecular weight is 221 g/mol. The van der Waals surface area contributed by atoms with Crippen LogP contribution in [0.1, 0.15) is 12.0 Å². The summed E-state index contributed by atoms with van der Waals surface area (Å²) in [5.74, 6) is -0.313. The third-order valence-electron chi connectivity index (χ3n) is 2.26. The van der Waals surface area contributed by atoms with Crippen molar-refractivity contribution in [3.8, 4) is 5.75 Å². The molecule has 0 heterocycles. The van der Waals surface area contributed by atoms with Gasteiger partial charge in [0.15, 0.2) is 0 Å². The number of rotatable bonds is 5. The Morgan fingerprint density at radius 2 is 2.31 bits per heavy atom. The van der Waals surface area contributed by atoms with Crippen LogP contribution >= 0.6 is 0 Å². The van der Waals surface area contributed by atoms with E-state index in [4.69, 9.17) is 15.6 Å². The zero-order chi connectivity index (χ0) is 12.1. The second kappa shape index (κ2) is 5.32. The quantitative estimate of drug-likeness (QED) is 0.790. The van der Waals surface area contributed by atoms with Crippen molar-refractivity contribution < 1.29 is 14.6 Å². The van der Waals surface area contributed by atoms with E-state index in [-0.39, 0.29) is 6.42 Å². The largest absolute Gasteiger partial charge is 0.497 e. The van der Waals surface area contributed by atoms with Gasteiger partial charge in [0.25, 0.3) is 0 Å². The van der Waals surface area contributed by atoms with Gasteiger partial charge in [-0.3, -0.25) is 4.79 Å². The van der Waals surface area contributed by atoms with Crippen molar-refractivity contribution in [2.75, 3.05) is 7.11 Å². The first-order valence-corrected chi connectivity index (χ1v) is 4.85. The van der Waals surface area contributed by atoms with Crippen LogP contribution in [0.15, 0.2) is 30.8 Å². The van der Waals surface area contributed by atoms with Gasteiger partial charge < -0.3 is 15.6 Å². The van der Waals surface area contributed by atoms with E-state index in [1.165, 1.54) is 0 Å². The standard InChI is InChI=1S/C12H15NO3/c1-8(6-11(13)12(14)15)9-4-3-5-10(7-9)16-2/h3-5,7,11H,1,6,13H2,2H3,(H,14,15)/t11-/m0/s1. The van der Waals surface area contributed by atoms with E-state index < -0.39 is 12.0 Å². The molecule has 0 radical (unpaired) electrons. The Labute approximate surface area is 94.3 Å². The Hall–Kier alpha value is -1.81. The lowest BCUT2D eigenvalue weighted by Gasteiger charge is -2.10. The van der Waals surface area contributed by atoms with Gasteiger partial charge in [0, 0.05) is 0 Å². The van der Waals surface area contributed by atoms with Crippen LogP contribution in [0, 0.1) is 0 Å². The van der Waals surface area contributed by atoms with E-state index in [9.17, 15) is 4.79 Å². The molecule has 3 N–H and O–H groups in total. The highest BCUT2D eigenvalue weighted by atomic mass is 16.5. The summed E-state index contributed by atoms with van der Waals surface area (Å²) in [5, 5.41) is 8.69. The van der Waals surface area contributed by atoms with Crippen LogP contribution in [0.2, 0.25) is 0 Å².